The lowest BCUT2D eigenvalue weighted by Gasteiger charge is -2.57. The Hall–Kier alpha value is -4.32. The molecule has 3 fully saturated rings. The molecule has 12 nitrogen and oxygen atoms in total. The Morgan fingerprint density at radius 3 is 2.27 bits per heavy atom. The molecule has 2 atom stereocenters. The number of piperidine rings is 1. The minimum atomic E-state index is -1.03. The highest BCUT2D eigenvalue weighted by Gasteiger charge is 2.53. The van der Waals surface area contributed by atoms with Crippen LogP contribution < -0.4 is 20.4 Å². The first-order valence-corrected chi connectivity index (χ1v) is 18.4. The molecule has 0 spiro atoms. The van der Waals surface area contributed by atoms with Crippen molar-refractivity contribution in [2.45, 2.75) is 84.8 Å². The van der Waals surface area contributed by atoms with Crippen LogP contribution in [0.4, 0.5) is 11.5 Å². The Bertz CT molecular complexity index is 1650. The molecule has 274 valence electrons. The van der Waals surface area contributed by atoms with E-state index >= 15 is 0 Å². The zero-order chi connectivity index (χ0) is 36.7. The van der Waals surface area contributed by atoms with Gasteiger partial charge in [0.05, 0.1) is 16.7 Å². The van der Waals surface area contributed by atoms with Crippen molar-refractivity contribution in [3.8, 4) is 0 Å². The summed E-state index contributed by atoms with van der Waals surface area (Å²) in [4.78, 5) is 76.0. The summed E-state index contributed by atoms with van der Waals surface area (Å²) < 4.78 is 0. The smallest absolute Gasteiger partial charge is 0.262 e. The first-order chi connectivity index (χ1) is 24.2. The standard InChI is InChI=1S/C39H53N7O5/c1-25-22-45(28-10-11-29-30(20-28)36(51)46(35(29)50)31(8-7-19-47)34(49)40-6)18-17-44(25)23-26-13-15-43(16-14-26)32-12-9-27(21-41-32)33(48)42-37-38(2,3)24-39(37,4)5/h9-12,19-21,25-26,31,37H,7-8,13-18,22-24H2,1-6H3,(H,40,49)(H,42,48). The van der Waals surface area contributed by atoms with Crippen molar-refractivity contribution in [1.82, 2.24) is 25.4 Å². The highest BCUT2D eigenvalue weighted by molar-refractivity contribution is 6.23. The molecule has 12 heteroatoms. The van der Waals surface area contributed by atoms with Gasteiger partial charge < -0.3 is 25.2 Å². The lowest BCUT2D eigenvalue weighted by atomic mass is 9.52. The average Bonchev–Trinajstić information content (AvgIpc) is 3.36. The molecule has 4 amide bonds. The summed E-state index contributed by atoms with van der Waals surface area (Å²) in [6.07, 6.45) is 5.79. The van der Waals surface area contributed by atoms with E-state index < -0.39 is 23.8 Å². The van der Waals surface area contributed by atoms with Crippen LogP contribution in [0.15, 0.2) is 36.5 Å². The maximum atomic E-state index is 13.4. The molecular weight excluding hydrogens is 646 g/mol. The summed E-state index contributed by atoms with van der Waals surface area (Å²) in [6, 6.07) is 8.63. The second kappa shape index (κ2) is 14.4. The monoisotopic (exact) mass is 699 g/mol. The summed E-state index contributed by atoms with van der Waals surface area (Å²) in [5.74, 6) is -0.0270. The van der Waals surface area contributed by atoms with Gasteiger partial charge >= 0.3 is 0 Å². The fourth-order valence-corrected chi connectivity index (χ4v) is 9.29. The number of likely N-dealkylation sites (N-methyl/N-ethyl adjacent to an activating group) is 1. The summed E-state index contributed by atoms with van der Waals surface area (Å²) in [6.45, 7) is 16.4. The fourth-order valence-electron chi connectivity index (χ4n) is 9.29. The van der Waals surface area contributed by atoms with E-state index in [0.29, 0.717) is 29.4 Å². The summed E-state index contributed by atoms with van der Waals surface area (Å²) in [5.41, 5.74) is 2.26. The Balaban J connectivity index is 0.993. The number of carbonyl (C=O) groups excluding carboxylic acids is 5. The number of fused-ring (bicyclic) bond motifs is 1. The molecule has 1 aliphatic carbocycles. The number of pyridine rings is 1. The third-order valence-corrected chi connectivity index (χ3v) is 11.6. The lowest BCUT2D eigenvalue weighted by Crippen LogP contribution is -2.63. The molecule has 2 N–H and O–H groups in total. The van der Waals surface area contributed by atoms with E-state index in [1.54, 1.807) is 18.3 Å². The average molecular weight is 700 g/mol. The van der Waals surface area contributed by atoms with Gasteiger partial charge in [-0.05, 0) is 79.7 Å². The van der Waals surface area contributed by atoms with Crippen LogP contribution in [0, 0.1) is 16.7 Å². The molecule has 0 radical (unpaired) electrons. The van der Waals surface area contributed by atoms with Crippen molar-refractivity contribution in [1.29, 1.82) is 0 Å². The number of aromatic nitrogens is 1. The molecule has 1 aromatic carbocycles. The Morgan fingerprint density at radius 1 is 0.961 bits per heavy atom. The van der Waals surface area contributed by atoms with Gasteiger partial charge in [-0.25, -0.2) is 4.98 Å². The largest absolute Gasteiger partial charge is 0.369 e. The van der Waals surface area contributed by atoms with Crippen molar-refractivity contribution in [2.75, 3.05) is 56.1 Å². The quantitative estimate of drug-likeness (QED) is 0.266. The number of imide groups is 1. The van der Waals surface area contributed by atoms with Gasteiger partial charge in [0.15, 0.2) is 0 Å². The molecule has 51 heavy (non-hydrogen) atoms. The molecule has 1 saturated carbocycles. The predicted octanol–water partition coefficient (Wildman–Crippen LogP) is 3.75. The molecule has 4 aliphatic rings. The second-order valence-electron chi connectivity index (χ2n) is 16.3. The van der Waals surface area contributed by atoms with E-state index in [-0.39, 0.29) is 41.2 Å². The minimum Gasteiger partial charge on any atom is -0.369 e. The second-order valence-corrected chi connectivity index (χ2v) is 16.3. The van der Waals surface area contributed by atoms with Crippen molar-refractivity contribution in [2.24, 2.45) is 16.7 Å². The number of nitrogens with one attached hydrogen (secondary N) is 2. The molecule has 1 aromatic heterocycles. The normalized spacial score (nSPS) is 22.7. The minimum absolute atomic E-state index is 0.0577. The van der Waals surface area contributed by atoms with Gasteiger partial charge in [0.2, 0.25) is 5.91 Å². The third-order valence-electron chi connectivity index (χ3n) is 11.6. The summed E-state index contributed by atoms with van der Waals surface area (Å²) in [7, 11) is 1.45. The van der Waals surface area contributed by atoms with Crippen molar-refractivity contribution in [3.63, 3.8) is 0 Å². The molecule has 3 aliphatic heterocycles. The fraction of sp³-hybridized carbons (Fsp3) is 0.590. The first kappa shape index (κ1) is 36.5. The Labute approximate surface area is 301 Å². The van der Waals surface area contributed by atoms with E-state index in [2.05, 4.69) is 64.9 Å². The van der Waals surface area contributed by atoms with Crippen LogP contribution in [0.3, 0.4) is 0 Å². The number of hydrogen-bond donors (Lipinski definition) is 2. The van der Waals surface area contributed by atoms with E-state index in [1.807, 2.05) is 18.2 Å². The number of carbonyl (C=O) groups is 5. The molecule has 0 bridgehead atoms. The molecule has 2 saturated heterocycles. The van der Waals surface area contributed by atoms with Crippen LogP contribution in [0.1, 0.15) is 97.8 Å². The SMILES string of the molecule is CNC(=O)C(CCC=O)N1C(=O)c2ccc(N3CCN(CC4CCN(c5ccc(C(=O)NC6C(C)(C)CC6(C)C)cn5)CC4)C(C)C3)cc2C1=O. The van der Waals surface area contributed by atoms with Gasteiger partial charge in [0.25, 0.3) is 17.7 Å². The van der Waals surface area contributed by atoms with Gasteiger partial charge in [0.1, 0.15) is 18.1 Å². The summed E-state index contributed by atoms with van der Waals surface area (Å²) >= 11 is 0. The highest BCUT2D eigenvalue weighted by atomic mass is 16.2. The Morgan fingerprint density at radius 2 is 1.67 bits per heavy atom. The zero-order valence-electron chi connectivity index (χ0n) is 30.9. The van der Waals surface area contributed by atoms with Crippen LogP contribution in [-0.2, 0) is 9.59 Å². The van der Waals surface area contributed by atoms with Crippen LogP contribution in [-0.4, -0.2) is 109 Å². The van der Waals surface area contributed by atoms with Gasteiger partial charge in [-0.3, -0.25) is 29.0 Å². The number of benzene rings is 1. The number of aldehydes is 1. The number of rotatable bonds is 11. The highest BCUT2D eigenvalue weighted by Crippen LogP contribution is 2.53. The van der Waals surface area contributed by atoms with E-state index in [9.17, 15) is 24.0 Å². The van der Waals surface area contributed by atoms with Crippen LogP contribution in [0.2, 0.25) is 0 Å². The number of amides is 4. The van der Waals surface area contributed by atoms with Gasteiger partial charge in [-0.15, -0.1) is 0 Å². The molecule has 4 heterocycles. The van der Waals surface area contributed by atoms with Crippen LogP contribution >= 0.6 is 0 Å². The van der Waals surface area contributed by atoms with E-state index in [4.69, 9.17) is 0 Å². The predicted molar refractivity (Wildman–Crippen MR) is 196 cm³/mol. The van der Waals surface area contributed by atoms with Gasteiger partial charge in [0, 0.05) is 76.7 Å². The number of hydrogen-bond acceptors (Lipinski definition) is 9. The van der Waals surface area contributed by atoms with E-state index in [1.165, 1.54) is 7.05 Å². The molecule has 2 unspecified atom stereocenters. The van der Waals surface area contributed by atoms with Crippen molar-refractivity contribution < 1.29 is 24.0 Å². The maximum absolute atomic E-state index is 13.4. The van der Waals surface area contributed by atoms with Crippen LogP contribution in [0.25, 0.3) is 0 Å². The molecular formula is C39H53N7O5. The van der Waals surface area contributed by atoms with Crippen molar-refractivity contribution in [3.05, 3.63) is 53.2 Å². The number of nitrogens with zero attached hydrogens (tertiary/aromatic N) is 5. The summed E-state index contributed by atoms with van der Waals surface area (Å²) in [5, 5.41) is 5.77. The van der Waals surface area contributed by atoms with Gasteiger partial charge in [-0.2, -0.15) is 0 Å². The lowest BCUT2D eigenvalue weighted by molar-refractivity contribution is -0.124. The topological polar surface area (TPSA) is 135 Å². The first-order valence-electron chi connectivity index (χ1n) is 18.4. The van der Waals surface area contributed by atoms with Crippen molar-refractivity contribution >= 4 is 41.4 Å². The maximum Gasteiger partial charge on any atom is 0.262 e. The van der Waals surface area contributed by atoms with E-state index in [0.717, 1.165) is 74.9 Å². The van der Waals surface area contributed by atoms with Crippen LogP contribution in [0.5, 0.6) is 0 Å². The number of piperazine rings is 1. The molecule has 2 aromatic rings. The number of anilines is 2. The Kier molecular flexibility index (Phi) is 10.3. The molecule has 6 rings (SSSR count). The third kappa shape index (κ3) is 7.24. The zero-order valence-corrected chi connectivity index (χ0v) is 30.9. The van der Waals surface area contributed by atoms with Gasteiger partial charge in [-0.1, -0.05) is 27.7 Å².